The van der Waals surface area contributed by atoms with E-state index in [-0.39, 0.29) is 36.6 Å². The molecule has 0 bridgehead atoms. The number of benzene rings is 1. The van der Waals surface area contributed by atoms with Crippen LogP contribution in [-0.4, -0.2) is 33.1 Å². The third-order valence-electron chi connectivity index (χ3n) is 3.63. The number of rotatable bonds is 4. The summed E-state index contributed by atoms with van der Waals surface area (Å²) < 4.78 is 0. The molecule has 1 aliphatic heterocycles. The number of carbonyl (C=O) groups is 1. The molecule has 0 spiro atoms. The van der Waals surface area contributed by atoms with Crippen LogP contribution in [0.5, 0.6) is 0 Å². The summed E-state index contributed by atoms with van der Waals surface area (Å²) in [5.41, 5.74) is 1.72. The Kier molecular flexibility index (Phi) is 8.41. The van der Waals surface area contributed by atoms with Gasteiger partial charge in [-0.05, 0) is 37.2 Å². The van der Waals surface area contributed by atoms with Crippen molar-refractivity contribution in [1.29, 1.82) is 0 Å². The van der Waals surface area contributed by atoms with E-state index in [4.69, 9.17) is 11.6 Å². The summed E-state index contributed by atoms with van der Waals surface area (Å²) in [6, 6.07) is 5.53. The second-order valence-corrected chi connectivity index (χ2v) is 5.69. The van der Waals surface area contributed by atoms with Crippen molar-refractivity contribution in [2.45, 2.75) is 6.92 Å². The van der Waals surface area contributed by atoms with Crippen LogP contribution in [0.2, 0.25) is 5.02 Å². The Morgan fingerprint density at radius 2 is 2.00 bits per heavy atom. The van der Waals surface area contributed by atoms with Crippen molar-refractivity contribution in [2.24, 2.45) is 11.8 Å². The van der Waals surface area contributed by atoms with Crippen LogP contribution in [0.25, 0.3) is 0 Å². The van der Waals surface area contributed by atoms with E-state index < -0.39 is 0 Å². The van der Waals surface area contributed by atoms with Crippen molar-refractivity contribution < 1.29 is 4.79 Å². The molecule has 0 saturated carbocycles. The fraction of sp³-hybridized carbons (Fsp3) is 0.500. The largest absolute Gasteiger partial charge is 0.376 e. The fourth-order valence-electron chi connectivity index (χ4n) is 2.12. The van der Waals surface area contributed by atoms with Gasteiger partial charge in [0.05, 0.1) is 11.4 Å². The normalized spacial score (nSPS) is 15.0. The summed E-state index contributed by atoms with van der Waals surface area (Å²) in [7, 11) is 3.89. The first-order chi connectivity index (χ1) is 8.99. The molecule has 21 heavy (non-hydrogen) atoms. The lowest BCUT2D eigenvalue weighted by Gasteiger charge is -2.32. The molecular weight excluding hydrogens is 333 g/mol. The van der Waals surface area contributed by atoms with Crippen LogP contribution in [-0.2, 0) is 4.79 Å². The average Bonchev–Trinajstić information content (AvgIpc) is 2.26. The standard InChI is InChI=1S/C14H20ClN3O.2ClH/c1-9(10-7-16-8-10)14(19)17-12-6-11(15)4-5-13(12)18(2)3;;/h4-6,9-10,16H,7-8H2,1-3H3,(H,17,19);2*1H. The summed E-state index contributed by atoms with van der Waals surface area (Å²) in [5.74, 6) is 0.495. The van der Waals surface area contributed by atoms with Gasteiger partial charge in [-0.15, -0.1) is 24.8 Å². The van der Waals surface area contributed by atoms with Crippen LogP contribution in [0.15, 0.2) is 18.2 Å². The zero-order chi connectivity index (χ0) is 14.0. The highest BCUT2D eigenvalue weighted by Crippen LogP contribution is 2.29. The first kappa shape index (κ1) is 20.3. The SMILES string of the molecule is CC(C(=O)Nc1cc(Cl)ccc1N(C)C)C1CNC1.Cl.Cl. The lowest BCUT2D eigenvalue weighted by molar-refractivity contribution is -0.121. The molecule has 1 atom stereocenters. The van der Waals surface area contributed by atoms with E-state index in [1.807, 2.05) is 38.1 Å². The third-order valence-corrected chi connectivity index (χ3v) is 3.87. The first-order valence-corrected chi connectivity index (χ1v) is 6.85. The highest BCUT2D eigenvalue weighted by Gasteiger charge is 2.29. The van der Waals surface area contributed by atoms with Gasteiger partial charge < -0.3 is 15.5 Å². The van der Waals surface area contributed by atoms with Gasteiger partial charge in [-0.3, -0.25) is 4.79 Å². The molecule has 1 fully saturated rings. The highest BCUT2D eigenvalue weighted by molar-refractivity contribution is 6.31. The molecule has 0 aliphatic carbocycles. The lowest BCUT2D eigenvalue weighted by atomic mass is 9.88. The Morgan fingerprint density at radius 3 is 2.48 bits per heavy atom. The highest BCUT2D eigenvalue weighted by atomic mass is 35.5. The lowest BCUT2D eigenvalue weighted by Crippen LogP contribution is -2.48. The number of nitrogens with zero attached hydrogens (tertiary/aromatic N) is 1. The summed E-state index contributed by atoms with van der Waals surface area (Å²) in [6.45, 7) is 3.82. The van der Waals surface area contributed by atoms with E-state index in [0.29, 0.717) is 10.9 Å². The molecule has 120 valence electrons. The molecule has 1 heterocycles. The Labute approximate surface area is 143 Å². The summed E-state index contributed by atoms with van der Waals surface area (Å²) >= 11 is 6.01. The molecule has 7 heteroatoms. The molecule has 1 amide bonds. The van der Waals surface area contributed by atoms with Gasteiger partial charge in [-0.1, -0.05) is 18.5 Å². The van der Waals surface area contributed by atoms with Crippen molar-refractivity contribution >= 4 is 53.7 Å². The number of halogens is 3. The van der Waals surface area contributed by atoms with E-state index in [1.54, 1.807) is 6.07 Å². The maximum absolute atomic E-state index is 12.2. The third kappa shape index (κ3) is 4.92. The van der Waals surface area contributed by atoms with Gasteiger partial charge >= 0.3 is 0 Å². The van der Waals surface area contributed by atoms with Crippen LogP contribution >= 0.6 is 36.4 Å². The van der Waals surface area contributed by atoms with Crippen LogP contribution in [0.3, 0.4) is 0 Å². The Bertz CT molecular complexity index is 479. The maximum Gasteiger partial charge on any atom is 0.227 e. The Hall–Kier alpha value is -0.680. The zero-order valence-corrected chi connectivity index (χ0v) is 14.7. The number of hydrogen-bond acceptors (Lipinski definition) is 3. The number of nitrogens with one attached hydrogen (secondary N) is 2. The molecule has 1 aliphatic rings. The number of amides is 1. The summed E-state index contributed by atoms with van der Waals surface area (Å²) in [4.78, 5) is 14.2. The molecule has 0 aromatic heterocycles. The fourth-order valence-corrected chi connectivity index (χ4v) is 2.30. The van der Waals surface area contributed by atoms with Crippen molar-refractivity contribution in [1.82, 2.24) is 5.32 Å². The van der Waals surface area contributed by atoms with Gasteiger partial charge in [-0.2, -0.15) is 0 Å². The summed E-state index contributed by atoms with van der Waals surface area (Å²) in [6.07, 6.45) is 0. The number of carbonyl (C=O) groups excluding carboxylic acids is 1. The van der Waals surface area contributed by atoms with Crippen LogP contribution in [0.4, 0.5) is 11.4 Å². The molecule has 1 aromatic carbocycles. The van der Waals surface area contributed by atoms with Crippen molar-refractivity contribution in [3.8, 4) is 0 Å². The van der Waals surface area contributed by atoms with Crippen molar-refractivity contribution in [3.05, 3.63) is 23.2 Å². The van der Waals surface area contributed by atoms with E-state index in [2.05, 4.69) is 10.6 Å². The van der Waals surface area contributed by atoms with Crippen LogP contribution in [0.1, 0.15) is 6.92 Å². The van der Waals surface area contributed by atoms with E-state index >= 15 is 0 Å². The van der Waals surface area contributed by atoms with Crippen LogP contribution < -0.4 is 15.5 Å². The molecule has 1 saturated heterocycles. The van der Waals surface area contributed by atoms with Crippen LogP contribution in [0, 0.1) is 11.8 Å². The average molecular weight is 355 g/mol. The maximum atomic E-state index is 12.2. The van der Waals surface area contributed by atoms with Crippen molar-refractivity contribution in [3.63, 3.8) is 0 Å². The zero-order valence-electron chi connectivity index (χ0n) is 12.4. The van der Waals surface area contributed by atoms with Gasteiger partial charge in [0.1, 0.15) is 0 Å². The molecule has 4 nitrogen and oxygen atoms in total. The predicted octanol–water partition coefficient (Wildman–Crippen LogP) is 3.04. The topological polar surface area (TPSA) is 44.4 Å². The van der Waals surface area contributed by atoms with Gasteiger partial charge in [-0.25, -0.2) is 0 Å². The van der Waals surface area contributed by atoms with E-state index in [9.17, 15) is 4.79 Å². The first-order valence-electron chi connectivity index (χ1n) is 6.47. The Morgan fingerprint density at radius 1 is 1.38 bits per heavy atom. The van der Waals surface area contributed by atoms with Gasteiger partial charge in [0.15, 0.2) is 0 Å². The predicted molar refractivity (Wildman–Crippen MR) is 94.4 cm³/mol. The molecule has 1 aromatic rings. The second-order valence-electron chi connectivity index (χ2n) is 5.25. The smallest absolute Gasteiger partial charge is 0.227 e. The molecular formula is C14H22Cl3N3O. The van der Waals surface area contributed by atoms with Gasteiger partial charge in [0, 0.05) is 25.0 Å². The van der Waals surface area contributed by atoms with Gasteiger partial charge in [0.2, 0.25) is 5.91 Å². The number of hydrogen-bond donors (Lipinski definition) is 2. The molecule has 0 radical (unpaired) electrons. The monoisotopic (exact) mass is 353 g/mol. The minimum atomic E-state index is 0. The summed E-state index contributed by atoms with van der Waals surface area (Å²) in [5, 5.41) is 6.80. The molecule has 2 N–H and O–H groups in total. The van der Waals surface area contributed by atoms with Gasteiger partial charge in [0.25, 0.3) is 0 Å². The van der Waals surface area contributed by atoms with E-state index in [0.717, 1.165) is 24.5 Å². The minimum Gasteiger partial charge on any atom is -0.376 e. The molecule has 2 rings (SSSR count). The Balaban J connectivity index is 0.00000200. The number of anilines is 2. The second kappa shape index (κ2) is 8.69. The minimum absolute atomic E-state index is 0. The molecule has 1 unspecified atom stereocenters. The quantitative estimate of drug-likeness (QED) is 0.873. The van der Waals surface area contributed by atoms with E-state index in [1.165, 1.54) is 0 Å². The van der Waals surface area contributed by atoms with Crippen molar-refractivity contribution in [2.75, 3.05) is 37.4 Å².